The normalized spacial score (nSPS) is 16.0. The summed E-state index contributed by atoms with van der Waals surface area (Å²) in [5, 5.41) is 2.54. The molecule has 164 valence electrons. The van der Waals surface area contributed by atoms with E-state index in [1.807, 2.05) is 0 Å². The van der Waals surface area contributed by atoms with Crippen LogP contribution in [0.4, 0.5) is 5.69 Å². The van der Waals surface area contributed by atoms with Crippen LogP contribution in [0.1, 0.15) is 10.4 Å². The summed E-state index contributed by atoms with van der Waals surface area (Å²) in [6.45, 7) is 0.766. The molecule has 0 unspecified atom stereocenters. The summed E-state index contributed by atoms with van der Waals surface area (Å²) in [5.41, 5.74) is 0.495. The fraction of sp³-hybridized carbons (Fsp3) is 0.300. The third-order valence-corrected chi connectivity index (χ3v) is 6.56. The van der Waals surface area contributed by atoms with Gasteiger partial charge in [0.05, 0.1) is 23.7 Å². The van der Waals surface area contributed by atoms with Crippen LogP contribution in [-0.4, -0.2) is 64.3 Å². The summed E-state index contributed by atoms with van der Waals surface area (Å²) < 4.78 is 47.4. The van der Waals surface area contributed by atoms with Crippen molar-refractivity contribution in [3.05, 3.63) is 48.0 Å². The standard InChI is InChI=1S/C20H20N2O8S/c23-19(12-28-20(24)14-4-5-17-18(10-14)30-13-29-17)21-15-2-1-3-16(11-15)31(25,26)22-6-8-27-9-7-22/h1-5,10-11H,6-9,12-13H2,(H,21,23). The van der Waals surface area contributed by atoms with E-state index in [9.17, 15) is 18.0 Å². The number of hydrogen-bond acceptors (Lipinski definition) is 8. The number of carbonyl (C=O) groups is 2. The number of anilines is 1. The summed E-state index contributed by atoms with van der Waals surface area (Å²) in [6, 6.07) is 10.5. The molecular formula is C20H20N2O8S. The topological polar surface area (TPSA) is 120 Å². The maximum atomic E-state index is 12.7. The van der Waals surface area contributed by atoms with Crippen molar-refractivity contribution >= 4 is 27.6 Å². The maximum Gasteiger partial charge on any atom is 0.338 e. The number of nitrogens with one attached hydrogen (secondary N) is 1. The summed E-state index contributed by atoms with van der Waals surface area (Å²) in [5.74, 6) is -0.342. The highest BCUT2D eigenvalue weighted by atomic mass is 32.2. The van der Waals surface area contributed by atoms with E-state index in [2.05, 4.69) is 5.32 Å². The highest BCUT2D eigenvalue weighted by Gasteiger charge is 2.26. The van der Waals surface area contributed by atoms with Gasteiger partial charge in [0.2, 0.25) is 16.8 Å². The Morgan fingerprint density at radius 2 is 1.81 bits per heavy atom. The van der Waals surface area contributed by atoms with Crippen molar-refractivity contribution in [1.82, 2.24) is 4.31 Å². The zero-order valence-electron chi connectivity index (χ0n) is 16.4. The largest absolute Gasteiger partial charge is 0.454 e. The minimum atomic E-state index is -3.69. The fourth-order valence-corrected chi connectivity index (χ4v) is 4.56. The van der Waals surface area contributed by atoms with Crippen LogP contribution in [-0.2, 0) is 24.3 Å². The van der Waals surface area contributed by atoms with Crippen LogP contribution in [0.2, 0.25) is 0 Å². The van der Waals surface area contributed by atoms with Crippen LogP contribution in [0.3, 0.4) is 0 Å². The third kappa shape index (κ3) is 4.79. The number of esters is 1. The maximum absolute atomic E-state index is 12.7. The number of amides is 1. The third-order valence-electron chi connectivity index (χ3n) is 4.67. The van der Waals surface area contributed by atoms with Gasteiger partial charge in [0.1, 0.15) is 0 Å². The van der Waals surface area contributed by atoms with Crippen LogP contribution in [0.15, 0.2) is 47.4 Å². The van der Waals surface area contributed by atoms with Crippen LogP contribution in [0.5, 0.6) is 11.5 Å². The molecule has 1 N–H and O–H groups in total. The van der Waals surface area contributed by atoms with Crippen molar-refractivity contribution in [1.29, 1.82) is 0 Å². The predicted octanol–water partition coefficient (Wildman–Crippen LogP) is 1.23. The molecule has 1 fully saturated rings. The van der Waals surface area contributed by atoms with Crippen molar-refractivity contribution in [3.8, 4) is 11.5 Å². The molecule has 0 saturated carbocycles. The van der Waals surface area contributed by atoms with E-state index < -0.39 is 28.5 Å². The van der Waals surface area contributed by atoms with Crippen molar-refractivity contribution in [3.63, 3.8) is 0 Å². The summed E-state index contributed by atoms with van der Waals surface area (Å²) in [4.78, 5) is 24.4. The highest BCUT2D eigenvalue weighted by molar-refractivity contribution is 7.89. The van der Waals surface area contributed by atoms with E-state index in [1.165, 1.54) is 34.6 Å². The lowest BCUT2D eigenvalue weighted by Crippen LogP contribution is -2.40. The molecule has 2 aliphatic rings. The number of ether oxygens (including phenoxy) is 4. The van der Waals surface area contributed by atoms with Gasteiger partial charge in [-0.1, -0.05) is 6.07 Å². The van der Waals surface area contributed by atoms with Gasteiger partial charge in [-0.25, -0.2) is 13.2 Å². The zero-order chi connectivity index (χ0) is 21.8. The Balaban J connectivity index is 1.35. The van der Waals surface area contributed by atoms with E-state index >= 15 is 0 Å². The van der Waals surface area contributed by atoms with Crippen LogP contribution in [0.25, 0.3) is 0 Å². The molecule has 1 saturated heterocycles. The van der Waals surface area contributed by atoms with Gasteiger partial charge in [-0.15, -0.1) is 0 Å². The highest BCUT2D eigenvalue weighted by Crippen LogP contribution is 2.32. The summed E-state index contributed by atoms with van der Waals surface area (Å²) >= 11 is 0. The Hall–Kier alpha value is -3.15. The quantitative estimate of drug-likeness (QED) is 0.655. The number of fused-ring (bicyclic) bond motifs is 1. The lowest BCUT2D eigenvalue weighted by atomic mass is 10.2. The molecule has 2 aromatic rings. The van der Waals surface area contributed by atoms with Crippen molar-refractivity contribution < 1.29 is 37.0 Å². The van der Waals surface area contributed by atoms with Gasteiger partial charge in [-0.2, -0.15) is 4.31 Å². The zero-order valence-corrected chi connectivity index (χ0v) is 17.2. The average molecular weight is 448 g/mol. The second-order valence-electron chi connectivity index (χ2n) is 6.74. The van der Waals surface area contributed by atoms with Crippen LogP contribution in [0, 0.1) is 0 Å². The van der Waals surface area contributed by atoms with Gasteiger partial charge < -0.3 is 24.3 Å². The van der Waals surface area contributed by atoms with Crippen LogP contribution < -0.4 is 14.8 Å². The molecule has 0 aliphatic carbocycles. The fourth-order valence-electron chi connectivity index (χ4n) is 3.11. The molecule has 2 aromatic carbocycles. The Kier molecular flexibility index (Phi) is 6.07. The molecule has 0 spiro atoms. The monoisotopic (exact) mass is 448 g/mol. The minimum absolute atomic E-state index is 0.0598. The number of sulfonamides is 1. The number of nitrogens with zero attached hydrogens (tertiary/aromatic N) is 1. The van der Waals surface area contributed by atoms with E-state index in [1.54, 1.807) is 12.1 Å². The molecule has 0 radical (unpaired) electrons. The van der Waals surface area contributed by atoms with E-state index in [0.29, 0.717) is 24.7 Å². The molecule has 0 aromatic heterocycles. The second-order valence-corrected chi connectivity index (χ2v) is 8.67. The Bertz CT molecular complexity index is 1100. The molecule has 1 amide bonds. The van der Waals surface area contributed by atoms with Crippen LogP contribution >= 0.6 is 0 Å². The number of benzene rings is 2. The first kappa shape index (κ1) is 21.1. The molecule has 11 heteroatoms. The molecule has 2 aliphatic heterocycles. The van der Waals surface area contributed by atoms with E-state index in [0.717, 1.165) is 0 Å². The predicted molar refractivity (Wildman–Crippen MR) is 107 cm³/mol. The Labute approximate surface area is 178 Å². The molecule has 31 heavy (non-hydrogen) atoms. The molecule has 0 atom stereocenters. The summed E-state index contributed by atoms with van der Waals surface area (Å²) in [7, 11) is -3.69. The number of morpholine rings is 1. The lowest BCUT2D eigenvalue weighted by molar-refractivity contribution is -0.119. The van der Waals surface area contributed by atoms with E-state index in [-0.39, 0.29) is 36.0 Å². The minimum Gasteiger partial charge on any atom is -0.454 e. The van der Waals surface area contributed by atoms with Gasteiger partial charge in [-0.05, 0) is 36.4 Å². The summed E-state index contributed by atoms with van der Waals surface area (Å²) in [6.07, 6.45) is 0. The molecule has 10 nitrogen and oxygen atoms in total. The molecule has 0 bridgehead atoms. The number of hydrogen-bond donors (Lipinski definition) is 1. The van der Waals surface area contributed by atoms with Gasteiger partial charge in [0.15, 0.2) is 18.1 Å². The molecular weight excluding hydrogens is 428 g/mol. The molecule has 4 rings (SSSR count). The van der Waals surface area contributed by atoms with Gasteiger partial charge in [0.25, 0.3) is 5.91 Å². The number of carbonyl (C=O) groups excluding carboxylic acids is 2. The van der Waals surface area contributed by atoms with Gasteiger partial charge in [0, 0.05) is 18.8 Å². The first-order chi connectivity index (χ1) is 14.9. The lowest BCUT2D eigenvalue weighted by Gasteiger charge is -2.26. The van der Waals surface area contributed by atoms with Crippen molar-refractivity contribution in [2.75, 3.05) is 45.0 Å². The Morgan fingerprint density at radius 1 is 1.03 bits per heavy atom. The second kappa shape index (κ2) is 8.92. The average Bonchev–Trinajstić information content (AvgIpc) is 3.26. The van der Waals surface area contributed by atoms with E-state index in [4.69, 9.17) is 18.9 Å². The first-order valence-corrected chi connectivity index (χ1v) is 10.9. The van der Waals surface area contributed by atoms with Gasteiger partial charge >= 0.3 is 5.97 Å². The molecule has 2 heterocycles. The SMILES string of the molecule is O=C(COC(=O)c1ccc2c(c1)OCO2)Nc1cccc(S(=O)(=O)N2CCOCC2)c1. The van der Waals surface area contributed by atoms with Crippen molar-refractivity contribution in [2.45, 2.75) is 4.90 Å². The first-order valence-electron chi connectivity index (χ1n) is 9.48. The Morgan fingerprint density at radius 3 is 2.61 bits per heavy atom. The van der Waals surface area contributed by atoms with Gasteiger partial charge in [-0.3, -0.25) is 4.79 Å². The smallest absolute Gasteiger partial charge is 0.338 e. The number of rotatable bonds is 6. The van der Waals surface area contributed by atoms with Crippen molar-refractivity contribution in [2.24, 2.45) is 0 Å².